The van der Waals surface area contributed by atoms with Crippen molar-refractivity contribution < 1.29 is 9.13 Å². The Morgan fingerprint density at radius 3 is 2.70 bits per heavy atom. The summed E-state index contributed by atoms with van der Waals surface area (Å²) < 4.78 is 19.5. The number of halogens is 2. The predicted octanol–water partition coefficient (Wildman–Crippen LogP) is 4.22. The molecular formula is C19H22ClFN4OS. The van der Waals surface area contributed by atoms with Crippen LogP contribution in [0.5, 0.6) is 5.75 Å². The van der Waals surface area contributed by atoms with E-state index in [2.05, 4.69) is 16.2 Å². The van der Waals surface area contributed by atoms with E-state index in [1.54, 1.807) is 25.3 Å². The van der Waals surface area contributed by atoms with Crippen LogP contribution in [0.4, 0.5) is 10.1 Å². The Kier molecular flexibility index (Phi) is 6.59. The topological polar surface area (TPSA) is 57.7 Å². The molecule has 2 aromatic rings. The van der Waals surface area contributed by atoms with Gasteiger partial charge in [0.1, 0.15) is 17.7 Å². The number of nitrogens with zero attached hydrogens (tertiary/aromatic N) is 1. The first-order valence-corrected chi connectivity index (χ1v) is 10.1. The molecule has 0 aromatic heterocycles. The molecule has 3 atom stereocenters. The highest BCUT2D eigenvalue weighted by Gasteiger charge is 2.36. The lowest BCUT2D eigenvalue weighted by Gasteiger charge is -2.20. The van der Waals surface area contributed by atoms with Gasteiger partial charge in [-0.1, -0.05) is 41.6 Å². The average Bonchev–Trinajstić information content (AvgIpc) is 3.02. The number of hydrazine groups is 1. The van der Waals surface area contributed by atoms with Gasteiger partial charge in [-0.05, 0) is 43.0 Å². The van der Waals surface area contributed by atoms with Crippen LogP contribution in [0.25, 0.3) is 0 Å². The molecule has 3 unspecified atom stereocenters. The summed E-state index contributed by atoms with van der Waals surface area (Å²) in [4.78, 5) is 4.76. The molecular weight excluding hydrogens is 387 g/mol. The first-order valence-electron chi connectivity index (χ1n) is 8.51. The summed E-state index contributed by atoms with van der Waals surface area (Å²) in [6, 6.07) is 12.3. The van der Waals surface area contributed by atoms with Gasteiger partial charge < -0.3 is 10.1 Å². The summed E-state index contributed by atoms with van der Waals surface area (Å²) in [7, 11) is 1.58. The van der Waals surface area contributed by atoms with Gasteiger partial charge >= 0.3 is 0 Å². The van der Waals surface area contributed by atoms with E-state index in [0.717, 1.165) is 5.69 Å². The third kappa shape index (κ3) is 4.55. The smallest absolute Gasteiger partial charge is 0.162 e. The molecule has 3 rings (SSSR count). The fourth-order valence-corrected chi connectivity index (χ4v) is 3.79. The van der Waals surface area contributed by atoms with Crippen LogP contribution >= 0.6 is 23.4 Å². The Bertz CT molecular complexity index is 835. The third-order valence-corrected chi connectivity index (χ3v) is 5.34. The van der Waals surface area contributed by atoms with Crippen LogP contribution < -0.4 is 20.9 Å². The van der Waals surface area contributed by atoms with Crippen LogP contribution in [0.3, 0.4) is 0 Å². The first kappa shape index (κ1) is 19.9. The van der Waals surface area contributed by atoms with E-state index in [4.69, 9.17) is 21.3 Å². The maximum Gasteiger partial charge on any atom is 0.162 e. The minimum atomic E-state index is -0.305. The largest absolute Gasteiger partial charge is 0.495 e. The number of aliphatic imine (C=N–C) groups is 1. The molecule has 0 radical (unpaired) electrons. The summed E-state index contributed by atoms with van der Waals surface area (Å²) in [5, 5.41) is 4.48. The number of methoxy groups -OCH3 is 1. The van der Waals surface area contributed by atoms with Gasteiger partial charge in [-0.15, -0.1) is 0 Å². The minimum absolute atomic E-state index is 0.0363. The molecule has 3 N–H and O–H groups in total. The van der Waals surface area contributed by atoms with Crippen LogP contribution in [0, 0.1) is 5.82 Å². The van der Waals surface area contributed by atoms with Crippen molar-refractivity contribution in [2.75, 3.05) is 18.7 Å². The van der Waals surface area contributed by atoms with Crippen molar-refractivity contribution in [2.24, 2.45) is 4.99 Å². The predicted molar refractivity (Wildman–Crippen MR) is 111 cm³/mol. The van der Waals surface area contributed by atoms with Gasteiger partial charge in [-0.2, -0.15) is 0 Å². The molecule has 0 spiro atoms. The van der Waals surface area contributed by atoms with Gasteiger partial charge in [0.05, 0.1) is 12.1 Å². The summed E-state index contributed by atoms with van der Waals surface area (Å²) in [6.07, 6.45) is 1.63. The average molecular weight is 409 g/mol. The lowest BCUT2D eigenvalue weighted by molar-refractivity contribution is 0.415. The number of ether oxygens (including phenoxy) is 1. The van der Waals surface area contributed by atoms with Crippen LogP contribution in [0.2, 0.25) is 5.02 Å². The van der Waals surface area contributed by atoms with E-state index >= 15 is 0 Å². The molecule has 1 aliphatic rings. The number of nitrogens with one attached hydrogen (secondary N) is 3. The molecule has 1 fully saturated rings. The number of rotatable bonds is 4. The van der Waals surface area contributed by atoms with Gasteiger partial charge in [0, 0.05) is 17.6 Å². The number of benzene rings is 2. The zero-order valence-electron chi connectivity index (χ0n) is 15.3. The van der Waals surface area contributed by atoms with E-state index in [-0.39, 0.29) is 23.9 Å². The standard InChI is InChI=1S/C19H22ClFN4OS/c1-11-17(13-6-4-5-7-15(13)21)18(25-24-11)23-19(27-3)22-12-8-9-16(26-2)14(20)10-12/h4-11,17-18,24-25H,1-3H3,(H,22,23). The number of hydrogen-bond donors (Lipinski definition) is 3. The van der Waals surface area contributed by atoms with Gasteiger partial charge in [-0.3, -0.25) is 5.43 Å². The van der Waals surface area contributed by atoms with E-state index in [0.29, 0.717) is 21.5 Å². The van der Waals surface area contributed by atoms with Crippen molar-refractivity contribution in [1.29, 1.82) is 0 Å². The molecule has 2 aromatic carbocycles. The highest BCUT2D eigenvalue weighted by atomic mass is 35.5. The number of amidine groups is 1. The molecule has 0 aliphatic carbocycles. The number of anilines is 1. The third-order valence-electron chi connectivity index (χ3n) is 4.45. The number of thioether (sulfide) groups is 1. The molecule has 144 valence electrons. The van der Waals surface area contributed by atoms with E-state index in [9.17, 15) is 4.39 Å². The van der Waals surface area contributed by atoms with Gasteiger partial charge in [0.2, 0.25) is 0 Å². The minimum Gasteiger partial charge on any atom is -0.495 e. The Hall–Kier alpha value is -1.80. The van der Waals surface area contributed by atoms with Crippen molar-refractivity contribution in [1.82, 2.24) is 10.9 Å². The Balaban J connectivity index is 1.83. The number of hydrogen-bond acceptors (Lipinski definition) is 5. The van der Waals surface area contributed by atoms with Gasteiger partial charge in [0.15, 0.2) is 5.17 Å². The van der Waals surface area contributed by atoms with Crippen molar-refractivity contribution in [2.45, 2.75) is 25.0 Å². The second-order valence-corrected chi connectivity index (χ2v) is 7.38. The quantitative estimate of drug-likeness (QED) is 0.522. The maximum atomic E-state index is 14.3. The SMILES string of the molecule is COc1ccc(N/C(=N/C2NNC(C)C2c2ccccc2F)SC)cc1Cl. The lowest BCUT2D eigenvalue weighted by atomic mass is 9.91. The van der Waals surface area contributed by atoms with E-state index in [1.807, 2.05) is 31.4 Å². The van der Waals surface area contributed by atoms with Crippen LogP contribution in [0.1, 0.15) is 18.4 Å². The highest BCUT2D eigenvalue weighted by molar-refractivity contribution is 8.13. The normalized spacial score (nSPS) is 22.7. The summed E-state index contributed by atoms with van der Waals surface area (Å²) in [5.41, 5.74) is 7.77. The Morgan fingerprint density at radius 2 is 2.04 bits per heavy atom. The summed E-state index contributed by atoms with van der Waals surface area (Å²) >= 11 is 7.66. The van der Waals surface area contributed by atoms with Crippen molar-refractivity contribution in [3.05, 3.63) is 58.9 Å². The van der Waals surface area contributed by atoms with Gasteiger partial charge in [0.25, 0.3) is 0 Å². The molecule has 1 saturated heterocycles. The first-order chi connectivity index (χ1) is 13.0. The molecule has 8 heteroatoms. The van der Waals surface area contributed by atoms with Crippen LogP contribution in [-0.2, 0) is 0 Å². The second-order valence-electron chi connectivity index (χ2n) is 6.18. The molecule has 5 nitrogen and oxygen atoms in total. The van der Waals surface area contributed by atoms with Crippen molar-refractivity contribution in [3.63, 3.8) is 0 Å². The Morgan fingerprint density at radius 1 is 1.26 bits per heavy atom. The molecule has 1 heterocycles. The Labute approximate surface area is 167 Å². The maximum absolute atomic E-state index is 14.3. The second kappa shape index (κ2) is 8.93. The van der Waals surface area contributed by atoms with E-state index in [1.165, 1.54) is 17.8 Å². The molecule has 0 amide bonds. The fourth-order valence-electron chi connectivity index (χ4n) is 3.10. The van der Waals surface area contributed by atoms with Crippen LogP contribution in [-0.4, -0.2) is 30.7 Å². The van der Waals surface area contributed by atoms with Crippen molar-refractivity contribution in [3.8, 4) is 5.75 Å². The molecule has 1 aliphatic heterocycles. The van der Waals surface area contributed by atoms with Gasteiger partial charge in [-0.25, -0.2) is 14.8 Å². The van der Waals surface area contributed by atoms with E-state index < -0.39 is 0 Å². The summed E-state index contributed by atoms with van der Waals surface area (Å²) in [6.45, 7) is 2.01. The molecule has 0 saturated carbocycles. The zero-order valence-corrected chi connectivity index (χ0v) is 16.9. The lowest BCUT2D eigenvalue weighted by Crippen LogP contribution is -2.32. The van der Waals surface area contributed by atoms with Crippen LogP contribution in [0.15, 0.2) is 47.5 Å². The zero-order chi connectivity index (χ0) is 19.4. The summed E-state index contributed by atoms with van der Waals surface area (Å²) in [5.74, 6) is 0.259. The molecule has 0 bridgehead atoms. The monoisotopic (exact) mass is 408 g/mol. The highest BCUT2D eigenvalue weighted by Crippen LogP contribution is 2.31. The molecule has 27 heavy (non-hydrogen) atoms. The fraction of sp³-hybridized carbons (Fsp3) is 0.316. The van der Waals surface area contributed by atoms with Crippen molar-refractivity contribution >= 4 is 34.2 Å².